The van der Waals surface area contributed by atoms with E-state index in [1.165, 1.54) is 0 Å². The van der Waals surface area contributed by atoms with Gasteiger partial charge in [0.25, 0.3) is 11.1 Å². The highest BCUT2D eigenvalue weighted by Gasteiger charge is 2.25. The van der Waals surface area contributed by atoms with Crippen LogP contribution in [0.2, 0.25) is 5.02 Å². The Morgan fingerprint density at radius 2 is 2.00 bits per heavy atom. The number of hydrogen-bond acceptors (Lipinski definition) is 7. The van der Waals surface area contributed by atoms with E-state index in [-0.39, 0.29) is 11.5 Å². The molecule has 2 amide bonds. The molecule has 1 aromatic rings. The molecule has 3 rings (SSSR count). The highest BCUT2D eigenvalue weighted by Crippen LogP contribution is 2.29. The molecule has 2 heterocycles. The Bertz CT molecular complexity index is 855. The van der Waals surface area contributed by atoms with Crippen molar-refractivity contribution in [3.05, 3.63) is 33.7 Å². The predicted octanol–water partition coefficient (Wildman–Crippen LogP) is 1.77. The molecule has 0 unspecified atom stereocenters. The van der Waals surface area contributed by atoms with Crippen molar-refractivity contribution in [3.63, 3.8) is 0 Å². The van der Waals surface area contributed by atoms with Crippen molar-refractivity contribution in [1.29, 1.82) is 0 Å². The minimum atomic E-state index is -2.88. The highest BCUT2D eigenvalue weighted by molar-refractivity contribution is 8.18. The summed E-state index contributed by atoms with van der Waals surface area (Å²) in [6.45, 7) is 2.05. The fraction of sp³-hybridized carbons (Fsp3) is 0.375. The third-order valence-electron chi connectivity index (χ3n) is 4.00. The lowest BCUT2D eigenvalue weighted by Gasteiger charge is -2.26. The third kappa shape index (κ3) is 5.00. The van der Waals surface area contributed by atoms with Crippen LogP contribution in [0.15, 0.2) is 23.1 Å². The summed E-state index contributed by atoms with van der Waals surface area (Å²) in [5, 5.41) is 2.20. The van der Waals surface area contributed by atoms with Crippen molar-refractivity contribution in [2.45, 2.75) is 0 Å². The molecule has 0 radical (unpaired) electrons. The van der Waals surface area contributed by atoms with Crippen molar-refractivity contribution >= 4 is 50.4 Å². The van der Waals surface area contributed by atoms with Crippen LogP contribution in [-0.2, 0) is 14.6 Å². The van der Waals surface area contributed by atoms with Gasteiger partial charge in [-0.3, -0.25) is 19.8 Å². The van der Waals surface area contributed by atoms with Crippen LogP contribution in [0, 0.1) is 0 Å². The molecule has 7 nitrogen and oxygen atoms in total. The minimum Gasteiger partial charge on any atom is -0.491 e. The lowest BCUT2D eigenvalue weighted by molar-refractivity contribution is -0.115. The van der Waals surface area contributed by atoms with Gasteiger partial charge in [-0.1, -0.05) is 17.7 Å². The largest absolute Gasteiger partial charge is 0.491 e. The van der Waals surface area contributed by atoms with Gasteiger partial charge in [0.15, 0.2) is 9.84 Å². The fourth-order valence-electron chi connectivity index (χ4n) is 2.55. The number of rotatable bonds is 5. The molecule has 2 saturated heterocycles. The zero-order chi connectivity index (χ0) is 18.7. The summed E-state index contributed by atoms with van der Waals surface area (Å²) < 4.78 is 28.5. The zero-order valence-electron chi connectivity index (χ0n) is 13.7. The number of halogens is 1. The Labute approximate surface area is 160 Å². The van der Waals surface area contributed by atoms with Gasteiger partial charge in [-0.2, -0.15) is 0 Å². The first-order valence-electron chi connectivity index (χ1n) is 7.92. The summed E-state index contributed by atoms with van der Waals surface area (Å²) in [5.74, 6) is 0.467. The first-order valence-corrected chi connectivity index (χ1v) is 10.9. The maximum absolute atomic E-state index is 11.6. The minimum absolute atomic E-state index is 0.186. The van der Waals surface area contributed by atoms with E-state index >= 15 is 0 Å². The monoisotopic (exact) mass is 416 g/mol. The Morgan fingerprint density at radius 1 is 1.27 bits per heavy atom. The number of nitrogens with one attached hydrogen (secondary N) is 1. The van der Waals surface area contributed by atoms with Crippen molar-refractivity contribution in [2.75, 3.05) is 37.7 Å². The van der Waals surface area contributed by atoms with Crippen LogP contribution >= 0.6 is 23.4 Å². The number of benzene rings is 1. The average molecular weight is 417 g/mol. The number of amides is 2. The standard InChI is InChI=1S/C16H17ClN2O5S2/c17-12-9-11(10-14-15(20)18-16(21)25-14)1-2-13(12)24-6-3-19-4-7-26(22,23)8-5-19/h1-2,9-10H,3-8H2,(H,18,20,21)/b14-10-. The second-order valence-corrected chi connectivity index (χ2v) is 9.61. The summed E-state index contributed by atoms with van der Waals surface area (Å²) >= 11 is 7.06. The van der Waals surface area contributed by atoms with Crippen molar-refractivity contribution in [2.24, 2.45) is 0 Å². The van der Waals surface area contributed by atoms with Crippen molar-refractivity contribution < 1.29 is 22.7 Å². The number of hydrogen-bond donors (Lipinski definition) is 1. The van der Waals surface area contributed by atoms with Gasteiger partial charge in [-0.05, 0) is 35.5 Å². The fourth-order valence-corrected chi connectivity index (χ4v) is 4.76. The molecule has 0 bridgehead atoms. The number of ether oxygens (including phenoxy) is 1. The number of sulfone groups is 1. The van der Waals surface area contributed by atoms with Gasteiger partial charge in [-0.25, -0.2) is 8.42 Å². The van der Waals surface area contributed by atoms with E-state index in [4.69, 9.17) is 16.3 Å². The van der Waals surface area contributed by atoms with Crippen LogP contribution in [0.4, 0.5) is 4.79 Å². The van der Waals surface area contributed by atoms with E-state index in [9.17, 15) is 18.0 Å². The number of carbonyl (C=O) groups is 2. The molecule has 0 aliphatic carbocycles. The van der Waals surface area contributed by atoms with Crippen LogP contribution in [0.5, 0.6) is 5.75 Å². The van der Waals surface area contributed by atoms with E-state index < -0.39 is 21.0 Å². The third-order valence-corrected chi connectivity index (χ3v) is 6.71. The molecule has 1 aromatic carbocycles. The summed E-state index contributed by atoms with van der Waals surface area (Å²) in [5.41, 5.74) is 0.691. The predicted molar refractivity (Wildman–Crippen MR) is 101 cm³/mol. The average Bonchev–Trinajstić information content (AvgIpc) is 2.88. The van der Waals surface area contributed by atoms with Gasteiger partial charge in [-0.15, -0.1) is 0 Å². The van der Waals surface area contributed by atoms with Gasteiger partial charge in [0.05, 0.1) is 21.4 Å². The SMILES string of the molecule is O=C1NC(=O)/C(=C/c2ccc(OCCN3CCS(=O)(=O)CC3)c(Cl)c2)S1. The second-order valence-electron chi connectivity index (χ2n) is 5.88. The Kier molecular flexibility index (Phi) is 5.91. The molecule has 10 heteroatoms. The van der Waals surface area contributed by atoms with Gasteiger partial charge in [0.2, 0.25) is 0 Å². The van der Waals surface area contributed by atoms with Crippen LogP contribution in [0.1, 0.15) is 5.56 Å². The van der Waals surface area contributed by atoms with Gasteiger partial charge < -0.3 is 4.74 Å². The summed E-state index contributed by atoms with van der Waals surface area (Å²) in [7, 11) is -2.88. The van der Waals surface area contributed by atoms with Gasteiger partial charge >= 0.3 is 0 Å². The van der Waals surface area contributed by atoms with Crippen molar-refractivity contribution in [1.82, 2.24) is 10.2 Å². The molecule has 0 atom stereocenters. The number of carbonyl (C=O) groups excluding carboxylic acids is 2. The Balaban J connectivity index is 1.54. The van der Waals surface area contributed by atoms with Crippen LogP contribution < -0.4 is 10.1 Å². The van der Waals surface area contributed by atoms with E-state index in [1.807, 2.05) is 4.90 Å². The summed E-state index contributed by atoms with van der Waals surface area (Å²) in [6, 6.07) is 5.11. The van der Waals surface area contributed by atoms with Crippen LogP contribution in [0.3, 0.4) is 0 Å². The maximum Gasteiger partial charge on any atom is 0.290 e. The van der Waals surface area contributed by atoms with Gasteiger partial charge in [0.1, 0.15) is 12.4 Å². The molecule has 0 aromatic heterocycles. The smallest absolute Gasteiger partial charge is 0.290 e. The van der Waals surface area contributed by atoms with E-state index in [0.717, 1.165) is 11.8 Å². The Morgan fingerprint density at radius 3 is 2.62 bits per heavy atom. The molecule has 26 heavy (non-hydrogen) atoms. The molecule has 0 saturated carbocycles. The first-order chi connectivity index (χ1) is 12.3. The topological polar surface area (TPSA) is 92.8 Å². The lowest BCUT2D eigenvalue weighted by Crippen LogP contribution is -2.42. The lowest BCUT2D eigenvalue weighted by atomic mass is 10.2. The first kappa shape index (κ1) is 19.2. The number of thioether (sulfide) groups is 1. The van der Waals surface area contributed by atoms with E-state index in [0.29, 0.717) is 47.5 Å². The molecule has 140 valence electrons. The molecular weight excluding hydrogens is 400 g/mol. The zero-order valence-corrected chi connectivity index (χ0v) is 16.1. The van der Waals surface area contributed by atoms with E-state index in [2.05, 4.69) is 5.32 Å². The summed E-state index contributed by atoms with van der Waals surface area (Å²) in [4.78, 5) is 25.1. The molecular formula is C16H17ClN2O5S2. The molecule has 2 aliphatic rings. The quantitative estimate of drug-likeness (QED) is 0.731. The molecule has 0 spiro atoms. The number of nitrogens with zero attached hydrogens (tertiary/aromatic N) is 1. The van der Waals surface area contributed by atoms with E-state index in [1.54, 1.807) is 24.3 Å². The van der Waals surface area contributed by atoms with Crippen LogP contribution in [0.25, 0.3) is 6.08 Å². The normalized spacial score (nSPS) is 21.8. The van der Waals surface area contributed by atoms with Gasteiger partial charge in [0, 0.05) is 19.6 Å². The molecule has 2 fully saturated rings. The molecule has 2 aliphatic heterocycles. The Hall–Kier alpha value is -1.55. The number of imide groups is 1. The second kappa shape index (κ2) is 7.99. The maximum atomic E-state index is 11.6. The summed E-state index contributed by atoms with van der Waals surface area (Å²) in [6.07, 6.45) is 1.59. The van der Waals surface area contributed by atoms with Crippen LogP contribution in [-0.4, -0.2) is 62.2 Å². The molecule has 1 N–H and O–H groups in total. The highest BCUT2D eigenvalue weighted by atomic mass is 35.5. The van der Waals surface area contributed by atoms with Crippen molar-refractivity contribution in [3.8, 4) is 5.75 Å².